The van der Waals surface area contributed by atoms with Crippen molar-refractivity contribution in [3.8, 4) is 22.8 Å². The molecule has 0 atom stereocenters. The first-order valence-electron chi connectivity index (χ1n) is 10.8. The number of hydrogen-bond donors (Lipinski definition) is 2. The summed E-state index contributed by atoms with van der Waals surface area (Å²) in [4.78, 5) is 25.4. The van der Waals surface area contributed by atoms with Gasteiger partial charge in [0.05, 0.1) is 35.5 Å². The van der Waals surface area contributed by atoms with Gasteiger partial charge in [-0.15, -0.1) is 0 Å². The molecule has 0 radical (unpaired) electrons. The molecule has 6 rings (SSSR count). The summed E-state index contributed by atoms with van der Waals surface area (Å²) in [5, 5.41) is 3.21. The van der Waals surface area contributed by atoms with Crippen molar-refractivity contribution in [1.29, 1.82) is 0 Å². The summed E-state index contributed by atoms with van der Waals surface area (Å²) in [6.45, 7) is 0.160. The van der Waals surface area contributed by atoms with Crippen molar-refractivity contribution in [3.63, 3.8) is 0 Å². The standard InChI is InChI=1S/C25H18F2N8/c1-35-13-32-22-21(19-17(26)3-2-4-18(19)27)30-11-15-12-31-25(34-20(15)23(22)35)33-16-7-5-14(6-8-16)24-28-9-10-29-24/h2-10,12-13H,11H2,1H3,(H,28,29)(H,31,33,34). The minimum absolute atomic E-state index is 0.150. The molecule has 0 bridgehead atoms. The van der Waals surface area contributed by atoms with Crippen molar-refractivity contribution in [2.24, 2.45) is 12.0 Å². The lowest BCUT2D eigenvalue weighted by Gasteiger charge is -2.11. The fraction of sp³-hybridized carbons (Fsp3) is 0.0800. The highest BCUT2D eigenvalue weighted by Gasteiger charge is 2.28. The molecule has 3 aromatic heterocycles. The number of aromatic nitrogens is 6. The van der Waals surface area contributed by atoms with E-state index in [9.17, 15) is 8.78 Å². The van der Waals surface area contributed by atoms with Crippen molar-refractivity contribution in [2.75, 3.05) is 5.32 Å². The molecule has 0 unspecified atom stereocenters. The minimum Gasteiger partial charge on any atom is -0.345 e. The van der Waals surface area contributed by atoms with E-state index >= 15 is 0 Å². The Morgan fingerprint density at radius 1 is 0.971 bits per heavy atom. The number of aromatic amines is 1. The van der Waals surface area contributed by atoms with Gasteiger partial charge >= 0.3 is 0 Å². The minimum atomic E-state index is -0.697. The normalized spacial score (nSPS) is 12.5. The van der Waals surface area contributed by atoms with Gasteiger partial charge in [0.2, 0.25) is 5.95 Å². The number of imidazole rings is 2. The van der Waals surface area contributed by atoms with E-state index in [1.165, 1.54) is 18.2 Å². The molecule has 4 heterocycles. The van der Waals surface area contributed by atoms with Gasteiger partial charge < -0.3 is 14.9 Å². The first-order valence-corrected chi connectivity index (χ1v) is 10.8. The lowest BCUT2D eigenvalue weighted by molar-refractivity contribution is 0.579. The van der Waals surface area contributed by atoms with Crippen LogP contribution in [0.15, 0.2) is 72.4 Å². The van der Waals surface area contributed by atoms with E-state index in [-0.39, 0.29) is 17.8 Å². The molecule has 35 heavy (non-hydrogen) atoms. The van der Waals surface area contributed by atoms with Crippen LogP contribution < -0.4 is 5.32 Å². The van der Waals surface area contributed by atoms with Gasteiger partial charge in [-0.3, -0.25) is 4.99 Å². The van der Waals surface area contributed by atoms with Gasteiger partial charge in [0.15, 0.2) is 0 Å². The lowest BCUT2D eigenvalue weighted by Crippen LogP contribution is -2.11. The average Bonchev–Trinajstić information content (AvgIpc) is 3.49. The Bertz CT molecular complexity index is 1550. The van der Waals surface area contributed by atoms with Crippen LogP contribution >= 0.6 is 0 Å². The van der Waals surface area contributed by atoms with Gasteiger partial charge in [0.25, 0.3) is 0 Å². The molecule has 1 aliphatic rings. The number of H-pyrrole nitrogens is 1. The molecule has 5 aromatic rings. The van der Waals surface area contributed by atoms with Crippen LogP contribution in [0.25, 0.3) is 22.8 Å². The Balaban J connectivity index is 1.37. The smallest absolute Gasteiger partial charge is 0.227 e. The average molecular weight is 468 g/mol. The zero-order chi connectivity index (χ0) is 23.9. The summed E-state index contributed by atoms with van der Waals surface area (Å²) in [5.41, 5.74) is 3.98. The summed E-state index contributed by atoms with van der Waals surface area (Å²) < 4.78 is 31.0. The van der Waals surface area contributed by atoms with E-state index in [2.05, 4.69) is 30.2 Å². The van der Waals surface area contributed by atoms with E-state index in [0.717, 1.165) is 22.6 Å². The van der Waals surface area contributed by atoms with Gasteiger partial charge in [0.1, 0.15) is 23.2 Å². The van der Waals surface area contributed by atoms with Crippen LogP contribution in [0.2, 0.25) is 0 Å². The molecule has 0 fully saturated rings. The molecule has 2 N–H and O–H groups in total. The van der Waals surface area contributed by atoms with E-state index in [0.29, 0.717) is 23.0 Å². The molecule has 0 saturated carbocycles. The monoisotopic (exact) mass is 468 g/mol. The summed E-state index contributed by atoms with van der Waals surface area (Å²) in [5.74, 6) is -0.235. The molecular weight excluding hydrogens is 450 g/mol. The van der Waals surface area contributed by atoms with Crippen LogP contribution in [0.1, 0.15) is 16.8 Å². The molecule has 0 aliphatic carbocycles. The second kappa shape index (κ2) is 8.24. The van der Waals surface area contributed by atoms with Crippen LogP contribution in [0.5, 0.6) is 0 Å². The molecule has 0 saturated heterocycles. The number of aliphatic imine (C=N–C) groups is 1. The van der Waals surface area contributed by atoms with Gasteiger partial charge in [-0.25, -0.2) is 28.7 Å². The zero-order valence-electron chi connectivity index (χ0n) is 18.5. The molecule has 2 aromatic carbocycles. The molecular formula is C25H18F2N8. The predicted octanol–water partition coefficient (Wildman–Crippen LogP) is 4.64. The number of nitrogens with zero attached hydrogens (tertiary/aromatic N) is 6. The Morgan fingerprint density at radius 3 is 2.51 bits per heavy atom. The first-order chi connectivity index (χ1) is 17.1. The molecule has 10 heteroatoms. The maximum atomic E-state index is 14.6. The maximum absolute atomic E-state index is 14.6. The first kappa shape index (κ1) is 20.8. The third kappa shape index (κ3) is 3.65. The van der Waals surface area contributed by atoms with Gasteiger partial charge in [-0.1, -0.05) is 6.07 Å². The number of rotatable bonds is 4. The van der Waals surface area contributed by atoms with E-state index < -0.39 is 11.6 Å². The molecule has 8 nitrogen and oxygen atoms in total. The predicted molar refractivity (Wildman–Crippen MR) is 127 cm³/mol. The Labute approximate surface area is 198 Å². The molecule has 0 amide bonds. The summed E-state index contributed by atoms with van der Waals surface area (Å²) >= 11 is 0. The molecule has 172 valence electrons. The topological polar surface area (TPSA) is 96.7 Å². The Kier molecular flexibility index (Phi) is 4.91. The Hall–Kier alpha value is -4.73. The van der Waals surface area contributed by atoms with Crippen LogP contribution in [-0.4, -0.2) is 35.2 Å². The van der Waals surface area contributed by atoms with E-state index in [1.54, 1.807) is 36.5 Å². The number of anilines is 2. The van der Waals surface area contributed by atoms with Crippen LogP contribution in [0.3, 0.4) is 0 Å². The second-order valence-electron chi connectivity index (χ2n) is 8.02. The van der Waals surface area contributed by atoms with Crippen LogP contribution in [-0.2, 0) is 13.6 Å². The van der Waals surface area contributed by atoms with Crippen LogP contribution in [0, 0.1) is 11.6 Å². The number of nitrogens with one attached hydrogen (secondary N) is 2. The summed E-state index contributed by atoms with van der Waals surface area (Å²) in [6, 6.07) is 11.4. The largest absolute Gasteiger partial charge is 0.345 e. The highest BCUT2D eigenvalue weighted by Crippen LogP contribution is 2.32. The number of aryl methyl sites for hydroxylation is 1. The molecule has 1 aliphatic heterocycles. The van der Waals surface area contributed by atoms with E-state index in [4.69, 9.17) is 4.98 Å². The van der Waals surface area contributed by atoms with Gasteiger partial charge in [-0.2, -0.15) is 0 Å². The van der Waals surface area contributed by atoms with Crippen molar-refractivity contribution in [1.82, 2.24) is 29.5 Å². The van der Waals surface area contributed by atoms with Crippen molar-refractivity contribution in [2.45, 2.75) is 6.54 Å². The highest BCUT2D eigenvalue weighted by molar-refractivity contribution is 6.15. The fourth-order valence-electron chi connectivity index (χ4n) is 4.09. The van der Waals surface area contributed by atoms with Crippen molar-refractivity contribution in [3.05, 3.63) is 95.8 Å². The Morgan fingerprint density at radius 2 is 1.77 bits per heavy atom. The molecule has 0 spiro atoms. The number of halogens is 2. The maximum Gasteiger partial charge on any atom is 0.227 e. The highest BCUT2D eigenvalue weighted by atomic mass is 19.1. The van der Waals surface area contributed by atoms with E-state index in [1.807, 2.05) is 24.3 Å². The fourth-order valence-corrected chi connectivity index (χ4v) is 4.09. The van der Waals surface area contributed by atoms with Gasteiger partial charge in [-0.05, 0) is 36.4 Å². The van der Waals surface area contributed by atoms with Crippen molar-refractivity contribution < 1.29 is 8.78 Å². The SMILES string of the molecule is Cn1cnc2c1-c1nc(Nc3ccc(-c4ncc[nH]4)cc3)ncc1CN=C2c1c(F)cccc1F. The van der Waals surface area contributed by atoms with Crippen LogP contribution in [0.4, 0.5) is 20.4 Å². The number of benzene rings is 2. The zero-order valence-corrected chi connectivity index (χ0v) is 18.5. The second-order valence-corrected chi connectivity index (χ2v) is 8.02. The number of fused-ring (bicyclic) bond motifs is 3. The lowest BCUT2D eigenvalue weighted by atomic mass is 10.0. The third-order valence-corrected chi connectivity index (χ3v) is 5.77. The quantitative estimate of drug-likeness (QED) is 0.401. The summed E-state index contributed by atoms with van der Waals surface area (Å²) in [7, 11) is 1.80. The number of hydrogen-bond acceptors (Lipinski definition) is 6. The third-order valence-electron chi connectivity index (χ3n) is 5.77. The van der Waals surface area contributed by atoms with Gasteiger partial charge in [0, 0.05) is 42.5 Å². The summed E-state index contributed by atoms with van der Waals surface area (Å²) in [6.07, 6.45) is 6.72. The van der Waals surface area contributed by atoms with Crippen molar-refractivity contribution >= 4 is 17.3 Å².